The van der Waals surface area contributed by atoms with Gasteiger partial charge in [0, 0.05) is 25.5 Å². The standard InChI is InChI=1S/C32H30N6O8S4/c1-13(39)29-25(45)37-21-27(15-9-5-7-11-17(15)33-21,19(41)31(37,49-47-29)23(43)35(29)3)28-16-10-6-8-12-18(16)34-22(28)38-26(46)30(14(2)40)36(4)24(44)32(38,20(28)42)50-48-30/h5-13,19-22,33-34,39,41-42H,1-4H3/t13?,19-,20-,21+,22+,27+,28+,29+,30+,31-,32-/m0/s1. The Bertz CT molecular complexity index is 2060. The lowest BCUT2D eigenvalue weighted by Gasteiger charge is -2.59. The van der Waals surface area contributed by atoms with Crippen molar-refractivity contribution in [2.45, 2.75) is 74.8 Å². The minimum atomic E-state index is -1.97. The molecule has 4 bridgehead atoms. The van der Waals surface area contributed by atoms with E-state index in [-0.39, 0.29) is 0 Å². The zero-order valence-electron chi connectivity index (χ0n) is 26.8. The summed E-state index contributed by atoms with van der Waals surface area (Å²) in [6, 6.07) is 14.2. The Morgan fingerprint density at radius 3 is 1.68 bits per heavy atom. The van der Waals surface area contributed by atoms with Gasteiger partial charge in [0.2, 0.25) is 19.5 Å². The van der Waals surface area contributed by atoms with Gasteiger partial charge < -0.3 is 35.8 Å². The largest absolute Gasteiger partial charge is 0.389 e. The molecule has 1 unspecified atom stereocenters. The quantitative estimate of drug-likeness (QED) is 0.213. The van der Waals surface area contributed by atoms with E-state index >= 15 is 0 Å². The van der Waals surface area contributed by atoms with Crippen LogP contribution in [0.25, 0.3) is 0 Å². The van der Waals surface area contributed by atoms with Gasteiger partial charge in [-0.05, 0) is 80.3 Å². The van der Waals surface area contributed by atoms with Crippen LogP contribution in [0.2, 0.25) is 0 Å². The third kappa shape index (κ3) is 2.61. The summed E-state index contributed by atoms with van der Waals surface area (Å²) in [5.41, 5.74) is -1.64. The van der Waals surface area contributed by atoms with Gasteiger partial charge in [0.15, 0.2) is 5.78 Å². The van der Waals surface area contributed by atoms with E-state index in [9.17, 15) is 39.3 Å². The Morgan fingerprint density at radius 1 is 0.720 bits per heavy atom. The number of fused-ring (bicyclic) bond motifs is 11. The molecule has 8 saturated heterocycles. The number of rotatable bonds is 3. The van der Waals surface area contributed by atoms with Crippen LogP contribution >= 0.6 is 43.2 Å². The highest BCUT2D eigenvalue weighted by atomic mass is 33.1. The maximum Gasteiger partial charge on any atom is 0.271 e. The van der Waals surface area contributed by atoms with Gasteiger partial charge in [0.1, 0.15) is 24.5 Å². The van der Waals surface area contributed by atoms with Crippen molar-refractivity contribution in [1.82, 2.24) is 19.6 Å². The lowest BCUT2D eigenvalue weighted by atomic mass is 9.52. The monoisotopic (exact) mass is 754 g/mol. The average Bonchev–Trinajstić information content (AvgIpc) is 3.74. The molecular formula is C32H30N6O8S4. The first-order chi connectivity index (χ1) is 23.7. The van der Waals surface area contributed by atoms with Crippen molar-refractivity contribution in [2.75, 3.05) is 24.7 Å². The summed E-state index contributed by atoms with van der Waals surface area (Å²) in [5, 5.41) is 44.8. The second-order valence-electron chi connectivity index (χ2n) is 14.1. The van der Waals surface area contributed by atoms with Crippen molar-refractivity contribution in [3.8, 4) is 0 Å². The third-order valence-corrected chi connectivity index (χ3v) is 20.0. The molecule has 0 aliphatic carbocycles. The second kappa shape index (κ2) is 9.08. The van der Waals surface area contributed by atoms with Gasteiger partial charge in [-0.2, -0.15) is 0 Å². The van der Waals surface area contributed by atoms with E-state index < -0.39 is 90.4 Å². The number of hydrogen-bond donors (Lipinski definition) is 5. The van der Waals surface area contributed by atoms with Crippen molar-refractivity contribution in [1.29, 1.82) is 0 Å². The van der Waals surface area contributed by atoms with E-state index in [0.29, 0.717) is 22.5 Å². The molecule has 11 atom stereocenters. The van der Waals surface area contributed by atoms with Gasteiger partial charge in [0.05, 0.1) is 16.9 Å². The van der Waals surface area contributed by atoms with Crippen molar-refractivity contribution in [2.24, 2.45) is 0 Å². The van der Waals surface area contributed by atoms with Crippen LogP contribution in [0.15, 0.2) is 48.5 Å². The smallest absolute Gasteiger partial charge is 0.271 e. The summed E-state index contributed by atoms with van der Waals surface area (Å²) in [6.45, 7) is 2.70. The molecule has 10 heterocycles. The molecule has 18 heteroatoms. The van der Waals surface area contributed by atoms with Crippen LogP contribution in [0.3, 0.4) is 0 Å². The number of carbonyl (C=O) groups excluding carboxylic acids is 5. The van der Waals surface area contributed by atoms with Crippen molar-refractivity contribution in [3.05, 3.63) is 59.7 Å². The minimum Gasteiger partial charge on any atom is -0.389 e. The number of para-hydroxylation sites is 2. The van der Waals surface area contributed by atoms with Gasteiger partial charge in [0.25, 0.3) is 23.6 Å². The molecule has 0 radical (unpaired) electrons. The number of nitrogens with one attached hydrogen (secondary N) is 2. The Hall–Kier alpha value is -3.13. The lowest BCUT2D eigenvalue weighted by molar-refractivity contribution is -0.172. The van der Waals surface area contributed by atoms with Crippen molar-refractivity contribution < 1.29 is 39.3 Å². The Labute approximate surface area is 300 Å². The van der Waals surface area contributed by atoms with Crippen molar-refractivity contribution in [3.63, 3.8) is 0 Å². The molecule has 0 aromatic heterocycles. The third-order valence-electron chi connectivity index (χ3n) is 12.6. The summed E-state index contributed by atoms with van der Waals surface area (Å²) < 4.78 is 0. The molecule has 14 nitrogen and oxygen atoms in total. The number of piperazine rings is 2. The number of amides is 4. The lowest BCUT2D eigenvalue weighted by Crippen LogP contribution is -2.80. The molecule has 2 aromatic carbocycles. The number of hydrogen-bond acceptors (Lipinski definition) is 14. The highest BCUT2D eigenvalue weighted by molar-refractivity contribution is 8.78. The summed E-state index contributed by atoms with van der Waals surface area (Å²) in [6.07, 6.45) is -7.27. The number of ketones is 1. The summed E-state index contributed by atoms with van der Waals surface area (Å²) in [7, 11) is 6.69. The first kappa shape index (κ1) is 31.6. The molecule has 2 spiro atoms. The van der Waals surface area contributed by atoms with Gasteiger partial charge in [-0.1, -0.05) is 36.4 Å². The maximum absolute atomic E-state index is 15.0. The number of benzene rings is 2. The number of aliphatic hydroxyl groups excluding tert-OH is 3. The fraction of sp³-hybridized carbons (Fsp3) is 0.469. The Balaban J connectivity index is 1.34. The zero-order valence-corrected chi connectivity index (χ0v) is 30.1. The van der Waals surface area contributed by atoms with E-state index in [4.69, 9.17) is 0 Å². The van der Waals surface area contributed by atoms with Crippen LogP contribution in [0.1, 0.15) is 25.0 Å². The molecule has 5 N–H and O–H groups in total. The summed E-state index contributed by atoms with van der Waals surface area (Å²) >= 11 is 0. The van der Waals surface area contributed by atoms with E-state index in [1.807, 2.05) is 0 Å². The molecule has 10 aliphatic rings. The first-order valence-corrected chi connectivity index (χ1v) is 20.3. The molecule has 12 rings (SSSR count). The topological polar surface area (TPSA) is 183 Å². The van der Waals surface area contributed by atoms with E-state index in [2.05, 4.69) is 10.6 Å². The number of nitrogens with zero attached hydrogens (tertiary/aromatic N) is 4. The van der Waals surface area contributed by atoms with Crippen LogP contribution in [-0.2, 0) is 34.8 Å². The fourth-order valence-electron chi connectivity index (χ4n) is 10.5. The summed E-state index contributed by atoms with van der Waals surface area (Å²) in [4.78, 5) is 70.2. The predicted octanol–water partition coefficient (Wildman–Crippen LogP) is 0.261. The fourth-order valence-corrected chi connectivity index (χ4v) is 18.4. The van der Waals surface area contributed by atoms with Crippen LogP contribution in [0, 0.1) is 0 Å². The predicted molar refractivity (Wildman–Crippen MR) is 186 cm³/mol. The van der Waals surface area contributed by atoms with E-state index in [0.717, 1.165) is 48.1 Å². The number of likely N-dealkylation sites (N-methyl/N-ethyl adjacent to an activating group) is 2. The second-order valence-corrected chi connectivity index (χ2v) is 19.2. The van der Waals surface area contributed by atoms with E-state index in [1.165, 1.54) is 42.6 Å². The van der Waals surface area contributed by atoms with Crippen molar-refractivity contribution >= 4 is 84.0 Å². The Kier molecular flexibility index (Phi) is 5.74. The van der Waals surface area contributed by atoms with Gasteiger partial charge in [-0.3, -0.25) is 33.8 Å². The molecular weight excluding hydrogens is 725 g/mol. The molecule has 50 heavy (non-hydrogen) atoms. The maximum atomic E-state index is 15.0. The summed E-state index contributed by atoms with van der Waals surface area (Å²) in [5.74, 6) is -3.11. The molecule has 0 saturated carbocycles. The normalized spacial score (nSPS) is 44.8. The molecule has 8 fully saturated rings. The SMILES string of the molecule is CC(=O)[C@]12SS[C@]3(C(=O)N1C)[C@@H](O)[C@]1([C@@]45c6ccccc6N[C@@H]4N4C(=O)[C@@]6(C(C)O)SS[C@]4(C(=O)N6C)[C@H]5O)c4ccccc4N[C@@H]1N3C2=O. The Morgan fingerprint density at radius 2 is 1.18 bits per heavy atom. The number of aliphatic hydroxyl groups is 3. The highest BCUT2D eigenvalue weighted by Crippen LogP contribution is 2.78. The molecule has 10 aliphatic heterocycles. The van der Waals surface area contributed by atoms with Crippen LogP contribution in [0.5, 0.6) is 0 Å². The number of anilines is 2. The van der Waals surface area contributed by atoms with Crippen LogP contribution in [-0.4, -0.2) is 129 Å². The molecule has 260 valence electrons. The molecule has 2 aromatic rings. The van der Waals surface area contributed by atoms with Gasteiger partial charge in [-0.25, -0.2) is 0 Å². The average molecular weight is 755 g/mol. The van der Waals surface area contributed by atoms with Crippen LogP contribution < -0.4 is 10.6 Å². The van der Waals surface area contributed by atoms with Gasteiger partial charge >= 0.3 is 0 Å². The van der Waals surface area contributed by atoms with Crippen LogP contribution in [0.4, 0.5) is 11.4 Å². The zero-order chi connectivity index (χ0) is 35.3. The van der Waals surface area contributed by atoms with E-state index in [1.54, 1.807) is 48.5 Å². The number of Topliss-reactive ketones (excluding diaryl/α,β-unsaturated/α-hetero) is 1. The first-order valence-electron chi connectivity index (χ1n) is 16.0. The highest BCUT2D eigenvalue weighted by Gasteiger charge is 2.93. The van der Waals surface area contributed by atoms with Gasteiger partial charge in [-0.15, -0.1) is 0 Å². The number of carbonyl (C=O) groups is 5. The minimum absolute atomic E-state index is 0.472. The molecule has 4 amide bonds.